The van der Waals surface area contributed by atoms with Crippen molar-refractivity contribution in [1.82, 2.24) is 9.88 Å². The molecule has 1 fully saturated rings. The normalized spacial score (nSPS) is 19.7. The number of aromatic nitrogens is 1. The number of aliphatic hydroxyl groups excluding tert-OH is 1. The summed E-state index contributed by atoms with van der Waals surface area (Å²) in [4.78, 5) is 34.8. The van der Waals surface area contributed by atoms with E-state index in [0.717, 1.165) is 47.6 Å². The van der Waals surface area contributed by atoms with E-state index in [1.807, 2.05) is 54.8 Å². The first kappa shape index (κ1) is 21.1. The van der Waals surface area contributed by atoms with Gasteiger partial charge in [0.25, 0.3) is 5.91 Å². The average Bonchev–Trinajstić information content (AvgIpc) is 3.54. The minimum absolute atomic E-state index is 0.0400. The highest BCUT2D eigenvalue weighted by molar-refractivity contribution is 7.17. The summed E-state index contributed by atoms with van der Waals surface area (Å²) in [5.74, 6) is -1.14. The maximum Gasteiger partial charge on any atom is 0.290 e. The molecule has 1 aliphatic heterocycles. The van der Waals surface area contributed by atoms with Crippen LogP contribution in [0, 0.1) is 6.92 Å². The number of rotatable bonds is 5. The van der Waals surface area contributed by atoms with Gasteiger partial charge in [0.05, 0.1) is 22.2 Å². The van der Waals surface area contributed by atoms with E-state index in [1.165, 1.54) is 22.7 Å². The van der Waals surface area contributed by atoms with Crippen LogP contribution in [-0.2, 0) is 4.79 Å². The number of nitrogens with zero attached hydrogens (tertiary/aromatic N) is 2. The number of thiophene rings is 1. The summed E-state index contributed by atoms with van der Waals surface area (Å²) in [6.07, 6.45) is 5.09. The van der Waals surface area contributed by atoms with E-state index in [1.54, 1.807) is 4.90 Å². The van der Waals surface area contributed by atoms with Gasteiger partial charge in [-0.05, 0) is 31.2 Å². The Hall–Kier alpha value is -2.77. The number of thiazole rings is 1. The van der Waals surface area contributed by atoms with Gasteiger partial charge in [-0.2, -0.15) is 0 Å². The van der Waals surface area contributed by atoms with Crippen LogP contribution in [0.15, 0.2) is 59.2 Å². The summed E-state index contributed by atoms with van der Waals surface area (Å²) in [6.45, 7) is 1.81. The van der Waals surface area contributed by atoms with Gasteiger partial charge in [-0.25, -0.2) is 4.98 Å². The lowest BCUT2D eigenvalue weighted by Crippen LogP contribution is -2.41. The lowest BCUT2D eigenvalue weighted by molar-refractivity contribution is -0.132. The molecule has 1 unspecified atom stereocenters. The molecule has 1 atom stereocenters. The van der Waals surface area contributed by atoms with Crippen LogP contribution in [-0.4, -0.2) is 32.7 Å². The van der Waals surface area contributed by atoms with Gasteiger partial charge in [-0.15, -0.1) is 22.7 Å². The van der Waals surface area contributed by atoms with Crippen LogP contribution >= 0.6 is 22.7 Å². The molecule has 2 aromatic heterocycles. The van der Waals surface area contributed by atoms with Gasteiger partial charge in [-0.3, -0.25) is 9.59 Å². The monoisotopic (exact) mass is 464 g/mol. The van der Waals surface area contributed by atoms with Crippen LogP contribution in [0.3, 0.4) is 0 Å². The molecule has 32 heavy (non-hydrogen) atoms. The van der Waals surface area contributed by atoms with Crippen molar-refractivity contribution in [1.29, 1.82) is 0 Å². The molecule has 2 aliphatic rings. The molecule has 0 spiro atoms. The van der Waals surface area contributed by atoms with Crippen molar-refractivity contribution in [3.63, 3.8) is 0 Å². The van der Waals surface area contributed by atoms with Gasteiger partial charge in [0, 0.05) is 16.5 Å². The van der Waals surface area contributed by atoms with Crippen molar-refractivity contribution >= 4 is 34.4 Å². The number of aliphatic hydroxyl groups is 1. The zero-order valence-corrected chi connectivity index (χ0v) is 19.4. The lowest BCUT2D eigenvalue weighted by atomic mass is 9.92. The Kier molecular flexibility index (Phi) is 5.69. The van der Waals surface area contributed by atoms with Gasteiger partial charge in [-0.1, -0.05) is 55.7 Å². The van der Waals surface area contributed by atoms with Crippen molar-refractivity contribution in [2.75, 3.05) is 0 Å². The minimum Gasteiger partial charge on any atom is -0.503 e. The van der Waals surface area contributed by atoms with Gasteiger partial charge < -0.3 is 10.0 Å². The Morgan fingerprint density at radius 1 is 1.09 bits per heavy atom. The van der Waals surface area contributed by atoms with E-state index in [0.29, 0.717) is 10.6 Å². The topological polar surface area (TPSA) is 70.5 Å². The molecule has 1 N–H and O–H groups in total. The average molecular weight is 465 g/mol. The van der Waals surface area contributed by atoms with Gasteiger partial charge in [0.15, 0.2) is 5.76 Å². The Balaban J connectivity index is 1.56. The highest BCUT2D eigenvalue weighted by Crippen LogP contribution is 2.45. The van der Waals surface area contributed by atoms with Crippen LogP contribution in [0.2, 0.25) is 0 Å². The number of carbonyl (C=O) groups excluding carboxylic acids is 2. The highest BCUT2D eigenvalue weighted by atomic mass is 32.1. The Labute approximate surface area is 195 Å². The first-order valence-corrected chi connectivity index (χ1v) is 12.6. The Bertz CT molecular complexity index is 1180. The Morgan fingerprint density at radius 3 is 2.53 bits per heavy atom. The van der Waals surface area contributed by atoms with Crippen molar-refractivity contribution in [3.05, 3.63) is 74.6 Å². The molecule has 5 nitrogen and oxygen atoms in total. The summed E-state index contributed by atoms with van der Waals surface area (Å²) in [7, 11) is 0. The summed E-state index contributed by atoms with van der Waals surface area (Å²) in [5.41, 5.74) is 1.75. The van der Waals surface area contributed by atoms with Crippen LogP contribution in [0.5, 0.6) is 0 Å². The van der Waals surface area contributed by atoms with Gasteiger partial charge in [0.1, 0.15) is 5.01 Å². The molecule has 1 aliphatic carbocycles. The molecular weight excluding hydrogens is 440 g/mol. The molecule has 3 aromatic rings. The third kappa shape index (κ3) is 3.59. The Morgan fingerprint density at radius 2 is 1.84 bits per heavy atom. The number of aryl methyl sites for hydroxylation is 1. The number of Topliss-reactive ketones (excluding diaryl/α,β-unsaturated/α-hetero) is 1. The highest BCUT2D eigenvalue weighted by Gasteiger charge is 2.47. The van der Waals surface area contributed by atoms with Gasteiger partial charge >= 0.3 is 0 Å². The fraction of sp³-hybridized carbons (Fsp3) is 0.320. The molecule has 7 heteroatoms. The maximum absolute atomic E-state index is 13.8. The molecule has 3 heterocycles. The van der Waals surface area contributed by atoms with Crippen molar-refractivity contribution in [2.24, 2.45) is 0 Å². The summed E-state index contributed by atoms with van der Waals surface area (Å²) < 4.78 is 0. The van der Waals surface area contributed by atoms with Gasteiger partial charge in [0.2, 0.25) is 5.78 Å². The second-order valence-electron chi connectivity index (χ2n) is 8.31. The van der Waals surface area contributed by atoms with Crippen LogP contribution in [0.1, 0.15) is 58.4 Å². The number of hydrogen-bond donors (Lipinski definition) is 1. The molecule has 1 aromatic carbocycles. The molecule has 164 valence electrons. The fourth-order valence-corrected chi connectivity index (χ4v) is 6.61. The predicted molar refractivity (Wildman–Crippen MR) is 127 cm³/mol. The second kappa shape index (κ2) is 8.64. The largest absolute Gasteiger partial charge is 0.503 e. The fourth-order valence-electron chi connectivity index (χ4n) is 4.75. The van der Waals surface area contributed by atoms with E-state index in [4.69, 9.17) is 0 Å². The third-order valence-electron chi connectivity index (χ3n) is 6.29. The van der Waals surface area contributed by atoms with Crippen LogP contribution in [0.4, 0.5) is 0 Å². The van der Waals surface area contributed by atoms with Crippen LogP contribution < -0.4 is 0 Å². The van der Waals surface area contributed by atoms with E-state index >= 15 is 0 Å². The molecule has 0 radical (unpaired) electrons. The number of hydrogen-bond acceptors (Lipinski definition) is 6. The molecule has 1 amide bonds. The zero-order valence-electron chi connectivity index (χ0n) is 17.8. The molecule has 5 rings (SSSR count). The molecule has 0 saturated heterocycles. The third-order valence-corrected chi connectivity index (χ3v) is 8.42. The summed E-state index contributed by atoms with van der Waals surface area (Å²) in [6, 6.07) is 13.1. The number of benzene rings is 1. The first-order chi connectivity index (χ1) is 15.6. The van der Waals surface area contributed by atoms with E-state index in [-0.39, 0.29) is 17.4 Å². The second-order valence-corrected chi connectivity index (χ2v) is 10.3. The maximum atomic E-state index is 13.8. The standard InChI is InChI=1S/C25H24N2O3S2/c1-15-23(32-24(26-15)16-9-4-2-5-10-16)21(28)19-20(18-13-8-14-31-18)27(25(30)22(19)29)17-11-6-3-7-12-17/h2,4-5,8-10,13-14,17,20,29H,3,6-7,11-12H2,1H3. The van der Waals surface area contributed by atoms with E-state index in [2.05, 4.69) is 4.98 Å². The van der Waals surface area contributed by atoms with E-state index < -0.39 is 17.7 Å². The number of amides is 1. The van der Waals surface area contributed by atoms with Crippen molar-refractivity contribution in [3.8, 4) is 10.6 Å². The van der Waals surface area contributed by atoms with Crippen LogP contribution in [0.25, 0.3) is 10.6 Å². The SMILES string of the molecule is Cc1nc(-c2ccccc2)sc1C(=O)C1=C(O)C(=O)N(C2CCCCC2)C1c1cccs1. The number of ketones is 1. The molecular formula is C25H24N2O3S2. The number of carbonyl (C=O) groups is 2. The summed E-state index contributed by atoms with van der Waals surface area (Å²) >= 11 is 2.83. The molecule has 1 saturated carbocycles. The zero-order chi connectivity index (χ0) is 22.2. The molecule has 0 bridgehead atoms. The van der Waals surface area contributed by atoms with Crippen molar-refractivity contribution < 1.29 is 14.7 Å². The minimum atomic E-state index is -0.542. The smallest absolute Gasteiger partial charge is 0.290 e. The predicted octanol–water partition coefficient (Wildman–Crippen LogP) is 6.09. The lowest BCUT2D eigenvalue weighted by Gasteiger charge is -2.36. The first-order valence-electron chi connectivity index (χ1n) is 10.9. The van der Waals surface area contributed by atoms with E-state index in [9.17, 15) is 14.7 Å². The van der Waals surface area contributed by atoms with Crippen molar-refractivity contribution in [2.45, 2.75) is 51.1 Å². The quantitative estimate of drug-likeness (QED) is 0.464. The summed E-state index contributed by atoms with van der Waals surface area (Å²) in [5, 5.41) is 13.6.